The van der Waals surface area contributed by atoms with Gasteiger partial charge in [-0.3, -0.25) is 5.26 Å². The number of unbranched alkanes of at least 4 members (excludes halogenated alkanes) is 13. The summed E-state index contributed by atoms with van der Waals surface area (Å²) in [5, 5.41) is 20.4. The second-order valence-electron chi connectivity index (χ2n) is 7.33. The lowest BCUT2D eigenvalue weighted by molar-refractivity contribution is -0.285. The molecule has 1 unspecified atom stereocenters. The zero-order valence-corrected chi connectivity index (χ0v) is 17.2. The molecule has 5 heteroatoms. The van der Waals surface area contributed by atoms with E-state index in [0.29, 0.717) is 19.7 Å². The Hall–Kier alpha value is -0.200. The maximum absolute atomic E-state index is 8.77. The van der Waals surface area contributed by atoms with Gasteiger partial charge in [-0.2, -0.15) is 0 Å². The first-order chi connectivity index (χ1) is 12.8. The molecular formula is C21H45NO4. The molecule has 0 rings (SSSR count). The van der Waals surface area contributed by atoms with Crippen molar-refractivity contribution in [3.05, 3.63) is 0 Å². The standard InChI is InChI=1S/C21H45NO4/c1-2-3-4-5-6-7-8-9-10-11-12-13-14-15-18-25-20-21(26-24)19-22-16-17-23/h21-24H,2-20H2,1H3. The molecule has 0 saturated carbocycles. The zero-order chi connectivity index (χ0) is 19.1. The number of rotatable bonds is 22. The van der Waals surface area contributed by atoms with Crippen LogP contribution in [0, 0.1) is 0 Å². The highest BCUT2D eigenvalue weighted by atomic mass is 17.1. The lowest BCUT2D eigenvalue weighted by atomic mass is 10.0. The smallest absolute Gasteiger partial charge is 0.128 e. The highest BCUT2D eigenvalue weighted by Gasteiger charge is 2.08. The van der Waals surface area contributed by atoms with Crippen LogP contribution in [0.15, 0.2) is 0 Å². The summed E-state index contributed by atoms with van der Waals surface area (Å²) in [7, 11) is 0. The van der Waals surface area contributed by atoms with Crippen molar-refractivity contribution in [3.8, 4) is 0 Å². The van der Waals surface area contributed by atoms with Crippen LogP contribution >= 0.6 is 0 Å². The van der Waals surface area contributed by atoms with Gasteiger partial charge in [-0.1, -0.05) is 90.4 Å². The third kappa shape index (κ3) is 20.1. The highest BCUT2D eigenvalue weighted by Crippen LogP contribution is 2.12. The molecule has 1 atom stereocenters. The van der Waals surface area contributed by atoms with Crippen LogP contribution in [0.4, 0.5) is 0 Å². The minimum atomic E-state index is -0.367. The molecular weight excluding hydrogens is 330 g/mol. The Morgan fingerprint density at radius 2 is 1.27 bits per heavy atom. The molecule has 0 aliphatic heterocycles. The highest BCUT2D eigenvalue weighted by molar-refractivity contribution is 4.59. The van der Waals surface area contributed by atoms with Crippen LogP contribution in [0.5, 0.6) is 0 Å². The Balaban J connectivity index is 3.14. The monoisotopic (exact) mass is 375 g/mol. The van der Waals surface area contributed by atoms with E-state index in [-0.39, 0.29) is 12.7 Å². The lowest BCUT2D eigenvalue weighted by Crippen LogP contribution is -2.33. The fraction of sp³-hybridized carbons (Fsp3) is 1.00. The normalized spacial score (nSPS) is 12.6. The van der Waals surface area contributed by atoms with Crippen LogP contribution in [-0.4, -0.2) is 49.4 Å². The van der Waals surface area contributed by atoms with Crippen molar-refractivity contribution in [1.82, 2.24) is 5.32 Å². The van der Waals surface area contributed by atoms with Gasteiger partial charge < -0.3 is 15.2 Å². The van der Waals surface area contributed by atoms with Gasteiger partial charge in [0.1, 0.15) is 6.10 Å². The summed E-state index contributed by atoms with van der Waals surface area (Å²) in [6.07, 6.45) is 18.6. The van der Waals surface area contributed by atoms with Gasteiger partial charge in [0.25, 0.3) is 0 Å². The SMILES string of the molecule is CCCCCCCCCCCCCCCCOCC(CNCCO)OO. The Morgan fingerprint density at radius 1 is 0.769 bits per heavy atom. The fourth-order valence-corrected chi connectivity index (χ4v) is 3.08. The molecule has 0 aliphatic rings. The predicted octanol–water partition coefficient (Wildman–Crippen LogP) is 4.92. The average Bonchev–Trinajstić information content (AvgIpc) is 2.66. The largest absolute Gasteiger partial charge is 0.395 e. The molecule has 0 amide bonds. The van der Waals surface area contributed by atoms with Crippen LogP contribution in [0.3, 0.4) is 0 Å². The molecule has 26 heavy (non-hydrogen) atoms. The van der Waals surface area contributed by atoms with Gasteiger partial charge in [-0.25, -0.2) is 4.89 Å². The van der Waals surface area contributed by atoms with Gasteiger partial charge in [-0.05, 0) is 6.42 Å². The van der Waals surface area contributed by atoms with E-state index in [9.17, 15) is 0 Å². The van der Waals surface area contributed by atoms with Crippen LogP contribution in [0.2, 0.25) is 0 Å². The molecule has 0 aromatic rings. The van der Waals surface area contributed by atoms with Crippen LogP contribution in [0.1, 0.15) is 96.8 Å². The molecule has 158 valence electrons. The van der Waals surface area contributed by atoms with E-state index in [4.69, 9.17) is 15.1 Å². The van der Waals surface area contributed by atoms with E-state index in [1.54, 1.807) is 0 Å². The van der Waals surface area contributed by atoms with E-state index in [1.165, 1.54) is 83.5 Å². The predicted molar refractivity (Wildman–Crippen MR) is 109 cm³/mol. The van der Waals surface area contributed by atoms with Gasteiger partial charge in [-0.15, -0.1) is 0 Å². The molecule has 0 heterocycles. The van der Waals surface area contributed by atoms with Gasteiger partial charge in [0, 0.05) is 19.7 Å². The van der Waals surface area contributed by atoms with Gasteiger partial charge in [0.15, 0.2) is 0 Å². The van der Waals surface area contributed by atoms with Gasteiger partial charge in [0.05, 0.1) is 13.2 Å². The zero-order valence-electron chi connectivity index (χ0n) is 17.2. The average molecular weight is 376 g/mol. The molecule has 0 radical (unpaired) electrons. The van der Waals surface area contributed by atoms with Crippen LogP contribution < -0.4 is 5.32 Å². The third-order valence-corrected chi connectivity index (χ3v) is 4.76. The Morgan fingerprint density at radius 3 is 1.73 bits per heavy atom. The first-order valence-electron chi connectivity index (χ1n) is 11.0. The van der Waals surface area contributed by atoms with Crippen molar-refractivity contribution < 1.29 is 20.0 Å². The molecule has 0 fully saturated rings. The van der Waals surface area contributed by atoms with Gasteiger partial charge in [0.2, 0.25) is 0 Å². The van der Waals surface area contributed by atoms with E-state index >= 15 is 0 Å². The quantitative estimate of drug-likeness (QED) is 0.142. The Labute approximate surface area is 161 Å². The van der Waals surface area contributed by atoms with Gasteiger partial charge >= 0.3 is 0 Å². The van der Waals surface area contributed by atoms with Crippen molar-refractivity contribution in [1.29, 1.82) is 0 Å². The molecule has 3 N–H and O–H groups in total. The first-order valence-corrected chi connectivity index (χ1v) is 11.0. The summed E-state index contributed by atoms with van der Waals surface area (Å²) in [6.45, 7) is 4.44. The number of aliphatic hydroxyl groups excluding tert-OH is 1. The number of hydrogen-bond acceptors (Lipinski definition) is 5. The summed E-state index contributed by atoms with van der Waals surface area (Å²) in [5.74, 6) is 0. The number of hydrogen-bond donors (Lipinski definition) is 3. The Bertz CT molecular complexity index is 254. The van der Waals surface area contributed by atoms with E-state index in [0.717, 1.165) is 13.0 Å². The minimum Gasteiger partial charge on any atom is -0.395 e. The summed E-state index contributed by atoms with van der Waals surface area (Å²) in [4.78, 5) is 4.35. The molecule has 0 saturated heterocycles. The number of ether oxygens (including phenoxy) is 1. The van der Waals surface area contributed by atoms with Crippen molar-refractivity contribution in [2.45, 2.75) is 103 Å². The summed E-state index contributed by atoms with van der Waals surface area (Å²) >= 11 is 0. The topological polar surface area (TPSA) is 71.0 Å². The lowest BCUT2D eigenvalue weighted by Gasteiger charge is -2.14. The summed E-state index contributed by atoms with van der Waals surface area (Å²) in [5.41, 5.74) is 0. The van der Waals surface area contributed by atoms with E-state index in [1.807, 2.05) is 0 Å². The Kier molecular flexibility index (Phi) is 22.7. The van der Waals surface area contributed by atoms with E-state index < -0.39 is 0 Å². The minimum absolute atomic E-state index is 0.0814. The molecule has 5 nitrogen and oxygen atoms in total. The maximum Gasteiger partial charge on any atom is 0.128 e. The maximum atomic E-state index is 8.77. The molecule has 0 aliphatic carbocycles. The molecule has 0 aromatic carbocycles. The van der Waals surface area contributed by atoms with Crippen molar-refractivity contribution in [2.75, 3.05) is 32.9 Å². The first kappa shape index (κ1) is 25.8. The summed E-state index contributed by atoms with van der Waals surface area (Å²) in [6, 6.07) is 0. The van der Waals surface area contributed by atoms with Crippen LogP contribution in [-0.2, 0) is 9.62 Å². The fourth-order valence-electron chi connectivity index (χ4n) is 3.08. The molecule has 0 spiro atoms. The van der Waals surface area contributed by atoms with E-state index in [2.05, 4.69) is 17.1 Å². The van der Waals surface area contributed by atoms with Crippen LogP contribution in [0.25, 0.3) is 0 Å². The summed E-state index contributed by atoms with van der Waals surface area (Å²) < 4.78 is 5.54. The third-order valence-electron chi connectivity index (χ3n) is 4.76. The second-order valence-corrected chi connectivity index (χ2v) is 7.33. The van der Waals surface area contributed by atoms with Crippen molar-refractivity contribution in [2.24, 2.45) is 0 Å². The second kappa shape index (κ2) is 22.8. The molecule has 0 aromatic heterocycles. The van der Waals surface area contributed by atoms with Crippen molar-refractivity contribution in [3.63, 3.8) is 0 Å². The number of nitrogens with one attached hydrogen (secondary N) is 1. The number of aliphatic hydroxyl groups is 1. The van der Waals surface area contributed by atoms with Crippen molar-refractivity contribution >= 4 is 0 Å². The molecule has 0 bridgehead atoms.